The maximum absolute atomic E-state index is 12.3. The molecule has 0 aliphatic rings. The van der Waals surface area contributed by atoms with Crippen LogP contribution in [0.4, 0.5) is 5.00 Å². The number of aryl methyl sites for hydroxylation is 1. The summed E-state index contributed by atoms with van der Waals surface area (Å²) in [5, 5.41) is 10.7. The summed E-state index contributed by atoms with van der Waals surface area (Å²) < 4.78 is 3.91. The zero-order valence-electron chi connectivity index (χ0n) is 11.9. The smallest absolute Gasteiger partial charge is 0.316 e. The van der Waals surface area contributed by atoms with Crippen molar-refractivity contribution in [3.05, 3.63) is 54.6 Å². The van der Waals surface area contributed by atoms with E-state index >= 15 is 0 Å². The molecular weight excluding hydrogens is 402 g/mol. The van der Waals surface area contributed by atoms with E-state index < -0.39 is 10.8 Å². The minimum atomic E-state index is -0.510. The minimum absolute atomic E-state index is 0.0639. The van der Waals surface area contributed by atoms with E-state index in [2.05, 4.69) is 20.9 Å². The molecular formula is C14H10BrN3O3S2. The second-order valence-corrected chi connectivity index (χ2v) is 7.45. The van der Waals surface area contributed by atoms with Gasteiger partial charge in [-0.05, 0) is 41.1 Å². The first-order chi connectivity index (χ1) is 11.0. The number of carbonyl (C=O) groups excluding carboxylic acids is 1. The van der Waals surface area contributed by atoms with Gasteiger partial charge in [0.25, 0.3) is 5.91 Å². The first-order valence-electron chi connectivity index (χ1n) is 6.62. The van der Waals surface area contributed by atoms with Gasteiger partial charge in [0.1, 0.15) is 4.88 Å². The van der Waals surface area contributed by atoms with E-state index in [9.17, 15) is 14.9 Å². The van der Waals surface area contributed by atoms with E-state index in [1.165, 1.54) is 23.5 Å². The van der Waals surface area contributed by atoms with E-state index in [1.807, 2.05) is 29.7 Å². The van der Waals surface area contributed by atoms with Gasteiger partial charge in [-0.25, -0.2) is 0 Å². The number of rotatable bonds is 3. The molecule has 0 aliphatic carbocycles. The first kappa shape index (κ1) is 16.0. The Bertz CT molecular complexity index is 987. The summed E-state index contributed by atoms with van der Waals surface area (Å²) in [4.78, 5) is 27.5. The molecule has 2 aromatic heterocycles. The average Bonchev–Trinajstić information content (AvgIpc) is 3.12. The Morgan fingerprint density at radius 1 is 1.35 bits per heavy atom. The van der Waals surface area contributed by atoms with Crippen LogP contribution in [0.5, 0.6) is 0 Å². The van der Waals surface area contributed by atoms with Gasteiger partial charge >= 0.3 is 5.00 Å². The molecule has 0 bridgehead atoms. The van der Waals surface area contributed by atoms with Gasteiger partial charge in [-0.3, -0.25) is 14.9 Å². The predicted molar refractivity (Wildman–Crippen MR) is 94.1 cm³/mol. The normalized spacial score (nSPS) is 12.0. The van der Waals surface area contributed by atoms with Gasteiger partial charge in [-0.15, -0.1) is 0 Å². The second-order valence-electron chi connectivity index (χ2n) is 4.53. The quantitative estimate of drug-likeness (QED) is 0.478. The highest BCUT2D eigenvalue weighted by molar-refractivity contribution is 9.10. The van der Waals surface area contributed by atoms with Crippen LogP contribution in [0.3, 0.4) is 0 Å². The molecule has 118 valence electrons. The number of nitro groups is 1. The highest BCUT2D eigenvalue weighted by Gasteiger charge is 2.16. The number of carbonyl (C=O) groups is 1. The molecule has 0 spiro atoms. The van der Waals surface area contributed by atoms with Crippen LogP contribution in [0.25, 0.3) is 10.2 Å². The van der Waals surface area contributed by atoms with Gasteiger partial charge in [0.2, 0.25) is 0 Å². The van der Waals surface area contributed by atoms with Crippen LogP contribution in [0.1, 0.15) is 16.6 Å². The summed E-state index contributed by atoms with van der Waals surface area (Å²) in [5.74, 6) is -0.465. The molecule has 0 saturated carbocycles. The van der Waals surface area contributed by atoms with Gasteiger partial charge < -0.3 is 4.57 Å². The number of hydrogen-bond acceptors (Lipinski definition) is 5. The number of benzene rings is 1. The van der Waals surface area contributed by atoms with Crippen molar-refractivity contribution in [2.75, 3.05) is 0 Å². The molecule has 3 rings (SSSR count). The fourth-order valence-corrected chi connectivity index (χ4v) is 4.68. The third kappa shape index (κ3) is 2.99. The van der Waals surface area contributed by atoms with E-state index in [-0.39, 0.29) is 9.88 Å². The standard InChI is InChI=1S/C14H10BrN3O3S2/c1-2-17-12-8(15)4-3-5-9(12)23-14(17)16-13(19)10-6-7-11(22-10)18(20)21/h3-7H,2H2,1H3. The Kier molecular flexibility index (Phi) is 4.42. The van der Waals surface area contributed by atoms with Gasteiger partial charge in [0, 0.05) is 17.1 Å². The highest BCUT2D eigenvalue weighted by atomic mass is 79.9. The van der Waals surface area contributed by atoms with Crippen LogP contribution in [0, 0.1) is 10.1 Å². The van der Waals surface area contributed by atoms with Crippen LogP contribution in [0.15, 0.2) is 39.8 Å². The number of thiazole rings is 1. The number of fused-ring (bicyclic) bond motifs is 1. The minimum Gasteiger partial charge on any atom is -0.316 e. The lowest BCUT2D eigenvalue weighted by Crippen LogP contribution is -2.15. The SMILES string of the molecule is CCn1c(=NC(=O)c2ccc([N+](=O)[O-])s2)sc2cccc(Br)c21. The van der Waals surface area contributed by atoms with E-state index in [1.54, 1.807) is 0 Å². The van der Waals surface area contributed by atoms with Crippen molar-refractivity contribution in [3.8, 4) is 0 Å². The van der Waals surface area contributed by atoms with E-state index in [0.717, 1.165) is 26.0 Å². The van der Waals surface area contributed by atoms with Crippen LogP contribution < -0.4 is 4.80 Å². The molecule has 2 heterocycles. The Hall–Kier alpha value is -1.84. The third-order valence-electron chi connectivity index (χ3n) is 3.15. The fourth-order valence-electron chi connectivity index (χ4n) is 2.15. The molecule has 23 heavy (non-hydrogen) atoms. The van der Waals surface area contributed by atoms with E-state index in [0.29, 0.717) is 11.3 Å². The Labute approximate surface area is 147 Å². The summed E-state index contributed by atoms with van der Waals surface area (Å²) in [5.41, 5.74) is 0.990. The van der Waals surface area contributed by atoms with Gasteiger partial charge in [0.05, 0.1) is 15.1 Å². The summed E-state index contributed by atoms with van der Waals surface area (Å²) in [6, 6.07) is 8.60. The summed E-state index contributed by atoms with van der Waals surface area (Å²) in [7, 11) is 0. The summed E-state index contributed by atoms with van der Waals surface area (Å²) >= 11 is 5.77. The number of nitrogens with zero attached hydrogens (tertiary/aromatic N) is 3. The molecule has 1 aromatic carbocycles. The molecule has 0 radical (unpaired) electrons. The molecule has 3 aromatic rings. The Balaban J connectivity index is 2.11. The maximum atomic E-state index is 12.3. The first-order valence-corrected chi connectivity index (χ1v) is 9.05. The van der Waals surface area contributed by atoms with Crippen molar-refractivity contribution in [2.24, 2.45) is 4.99 Å². The summed E-state index contributed by atoms with van der Waals surface area (Å²) in [6.45, 7) is 2.64. The second kappa shape index (κ2) is 6.34. The molecule has 0 fully saturated rings. The Morgan fingerprint density at radius 2 is 2.13 bits per heavy atom. The number of thiophene rings is 1. The molecule has 0 aliphatic heterocycles. The summed E-state index contributed by atoms with van der Waals surface area (Å²) in [6.07, 6.45) is 0. The lowest BCUT2D eigenvalue weighted by molar-refractivity contribution is -0.380. The molecule has 0 unspecified atom stereocenters. The fraction of sp³-hybridized carbons (Fsp3) is 0.143. The largest absolute Gasteiger partial charge is 0.324 e. The van der Waals surface area contributed by atoms with Gasteiger partial charge in [-0.1, -0.05) is 28.7 Å². The van der Waals surface area contributed by atoms with Gasteiger partial charge in [-0.2, -0.15) is 4.99 Å². The molecule has 0 N–H and O–H groups in total. The van der Waals surface area contributed by atoms with Crippen molar-refractivity contribution in [1.82, 2.24) is 4.57 Å². The van der Waals surface area contributed by atoms with E-state index in [4.69, 9.17) is 0 Å². The molecule has 9 heteroatoms. The van der Waals surface area contributed by atoms with Crippen molar-refractivity contribution < 1.29 is 9.72 Å². The number of para-hydroxylation sites is 1. The number of aromatic nitrogens is 1. The number of hydrogen-bond donors (Lipinski definition) is 0. The van der Waals surface area contributed by atoms with Crippen LogP contribution in [0.2, 0.25) is 0 Å². The van der Waals surface area contributed by atoms with Crippen LogP contribution in [-0.4, -0.2) is 15.4 Å². The number of amides is 1. The monoisotopic (exact) mass is 411 g/mol. The highest BCUT2D eigenvalue weighted by Crippen LogP contribution is 2.27. The molecule has 0 atom stereocenters. The molecule has 6 nitrogen and oxygen atoms in total. The van der Waals surface area contributed by atoms with Crippen molar-refractivity contribution in [2.45, 2.75) is 13.5 Å². The van der Waals surface area contributed by atoms with Crippen molar-refractivity contribution in [1.29, 1.82) is 0 Å². The average molecular weight is 412 g/mol. The van der Waals surface area contributed by atoms with Crippen molar-refractivity contribution in [3.63, 3.8) is 0 Å². The lowest BCUT2D eigenvalue weighted by Gasteiger charge is -2.01. The molecule has 1 amide bonds. The Morgan fingerprint density at radius 3 is 2.78 bits per heavy atom. The van der Waals surface area contributed by atoms with Crippen LogP contribution >= 0.6 is 38.6 Å². The van der Waals surface area contributed by atoms with Gasteiger partial charge in [0.15, 0.2) is 4.80 Å². The lowest BCUT2D eigenvalue weighted by atomic mass is 10.3. The number of halogens is 1. The molecule has 0 saturated heterocycles. The zero-order valence-corrected chi connectivity index (χ0v) is 15.1. The predicted octanol–water partition coefficient (Wildman–Crippen LogP) is 4.20. The van der Waals surface area contributed by atoms with Crippen LogP contribution in [-0.2, 0) is 6.54 Å². The maximum Gasteiger partial charge on any atom is 0.324 e. The topological polar surface area (TPSA) is 77.5 Å². The zero-order chi connectivity index (χ0) is 16.6. The third-order valence-corrected chi connectivity index (χ3v) is 5.86. The van der Waals surface area contributed by atoms with Crippen molar-refractivity contribution >= 4 is 59.7 Å².